The third-order valence-electron chi connectivity index (χ3n) is 4.46. The molecule has 0 radical (unpaired) electrons. The Morgan fingerprint density at radius 2 is 1.68 bits per heavy atom. The van der Waals surface area contributed by atoms with E-state index in [1.54, 1.807) is 16.7 Å². The first kappa shape index (κ1) is 21.8. The molecule has 0 amide bonds. The summed E-state index contributed by atoms with van der Waals surface area (Å²) in [5, 5.41) is 0.629. The lowest BCUT2D eigenvalue weighted by Gasteiger charge is -2.09. The molecule has 0 spiro atoms. The Bertz CT molecular complexity index is 811. The number of unbranched alkanes of at least 4 members (excludes halogenated alkanes) is 1. The molecule has 0 fully saturated rings. The molecule has 7 heteroatoms. The minimum Gasteiger partial charge on any atom is -0.493 e. The average molecular weight is 391 g/mol. The summed E-state index contributed by atoms with van der Waals surface area (Å²) in [6, 6.07) is 5.39. The molecule has 1 aromatic carbocycles. The molecule has 2 aromatic rings. The third kappa shape index (κ3) is 4.84. The van der Waals surface area contributed by atoms with Crippen LogP contribution in [0.2, 0.25) is 0 Å². The molecule has 0 saturated heterocycles. The van der Waals surface area contributed by atoms with Crippen LogP contribution < -0.4 is 4.74 Å². The van der Waals surface area contributed by atoms with Crippen molar-refractivity contribution >= 4 is 22.8 Å². The van der Waals surface area contributed by atoms with Gasteiger partial charge in [-0.3, -0.25) is 0 Å². The summed E-state index contributed by atoms with van der Waals surface area (Å²) in [4.78, 5) is 24.6. The van der Waals surface area contributed by atoms with Gasteiger partial charge in [-0.25, -0.2) is 9.59 Å². The van der Waals surface area contributed by atoms with E-state index < -0.39 is 11.9 Å². The monoisotopic (exact) mass is 391 g/mol. The lowest BCUT2D eigenvalue weighted by atomic mass is 10.1. The van der Waals surface area contributed by atoms with Crippen LogP contribution in [0.1, 0.15) is 54.0 Å². The number of ether oxygens (including phenoxy) is 4. The quantitative estimate of drug-likeness (QED) is 0.428. The van der Waals surface area contributed by atoms with Gasteiger partial charge in [0, 0.05) is 37.6 Å². The number of hydrogen-bond acceptors (Lipinski definition) is 6. The van der Waals surface area contributed by atoms with Crippen LogP contribution in [0.25, 0.3) is 10.9 Å². The fraction of sp³-hybridized carbons (Fsp3) is 0.524. The molecule has 0 saturated carbocycles. The van der Waals surface area contributed by atoms with Gasteiger partial charge in [0.15, 0.2) is 0 Å². The van der Waals surface area contributed by atoms with Crippen LogP contribution in [0.4, 0.5) is 0 Å². The zero-order chi connectivity index (χ0) is 20.5. The zero-order valence-electron chi connectivity index (χ0n) is 17.1. The molecule has 0 aliphatic heterocycles. The van der Waals surface area contributed by atoms with E-state index in [2.05, 4.69) is 6.92 Å². The van der Waals surface area contributed by atoms with Crippen molar-refractivity contribution in [3.63, 3.8) is 0 Å². The van der Waals surface area contributed by atoms with E-state index in [1.807, 2.05) is 13.0 Å². The van der Waals surface area contributed by atoms with Crippen molar-refractivity contribution < 1.29 is 28.5 Å². The zero-order valence-corrected chi connectivity index (χ0v) is 17.1. The Labute approximate surface area is 165 Å². The SMILES string of the molecule is CCCCOCCCOc1ccc2c(C(=O)OC)c(C(=O)OC)n(CC)c2c1. The molecule has 1 aromatic heterocycles. The van der Waals surface area contributed by atoms with Gasteiger partial charge in [-0.15, -0.1) is 0 Å². The van der Waals surface area contributed by atoms with Gasteiger partial charge >= 0.3 is 11.9 Å². The molecular formula is C21H29NO6. The van der Waals surface area contributed by atoms with Crippen LogP contribution in [0.15, 0.2) is 18.2 Å². The summed E-state index contributed by atoms with van der Waals surface area (Å²) >= 11 is 0. The van der Waals surface area contributed by atoms with Crippen LogP contribution in [0.3, 0.4) is 0 Å². The Hall–Kier alpha value is -2.54. The summed E-state index contributed by atoms with van der Waals surface area (Å²) in [6.45, 7) is 6.48. The Morgan fingerprint density at radius 1 is 0.964 bits per heavy atom. The number of carbonyl (C=O) groups excluding carboxylic acids is 2. The number of rotatable bonds is 11. The van der Waals surface area contributed by atoms with E-state index >= 15 is 0 Å². The summed E-state index contributed by atoms with van der Waals surface area (Å²) in [5.41, 5.74) is 1.12. The van der Waals surface area contributed by atoms with Gasteiger partial charge in [0.25, 0.3) is 0 Å². The fourth-order valence-electron chi connectivity index (χ4n) is 3.06. The lowest BCUT2D eigenvalue weighted by Crippen LogP contribution is -2.15. The number of methoxy groups -OCH3 is 2. The lowest BCUT2D eigenvalue weighted by molar-refractivity contribution is 0.0548. The van der Waals surface area contributed by atoms with E-state index in [4.69, 9.17) is 18.9 Å². The minimum absolute atomic E-state index is 0.188. The smallest absolute Gasteiger partial charge is 0.355 e. The number of hydrogen-bond donors (Lipinski definition) is 0. The first-order valence-corrected chi connectivity index (χ1v) is 9.62. The number of esters is 2. The number of fused-ring (bicyclic) bond motifs is 1. The molecule has 2 rings (SSSR count). The number of carbonyl (C=O) groups is 2. The fourth-order valence-corrected chi connectivity index (χ4v) is 3.06. The number of nitrogens with zero attached hydrogens (tertiary/aromatic N) is 1. The average Bonchev–Trinajstić information content (AvgIpc) is 3.05. The molecule has 0 aliphatic carbocycles. The molecule has 7 nitrogen and oxygen atoms in total. The van der Waals surface area contributed by atoms with E-state index in [0.29, 0.717) is 30.9 Å². The Kier molecular flexibility index (Phi) is 8.32. The van der Waals surface area contributed by atoms with Crippen LogP contribution in [0.5, 0.6) is 5.75 Å². The van der Waals surface area contributed by atoms with Gasteiger partial charge in [-0.05, 0) is 25.5 Å². The van der Waals surface area contributed by atoms with Crippen molar-refractivity contribution in [1.82, 2.24) is 4.57 Å². The van der Waals surface area contributed by atoms with Crippen molar-refractivity contribution in [3.8, 4) is 5.75 Å². The maximum atomic E-state index is 12.3. The maximum Gasteiger partial charge on any atom is 0.355 e. The van der Waals surface area contributed by atoms with Crippen LogP contribution in [0, 0.1) is 0 Å². The molecule has 0 unspecified atom stereocenters. The molecule has 1 heterocycles. The van der Waals surface area contributed by atoms with Crippen LogP contribution in [-0.2, 0) is 20.8 Å². The summed E-state index contributed by atoms with van der Waals surface area (Å²) < 4.78 is 22.9. The third-order valence-corrected chi connectivity index (χ3v) is 4.46. The standard InChI is InChI=1S/C21H29NO6/c1-5-7-11-27-12-8-13-28-15-9-10-16-17(14-15)22(6-2)19(21(24)26-4)18(16)20(23)25-3/h9-10,14H,5-8,11-13H2,1-4H3. The van der Waals surface area contributed by atoms with E-state index in [9.17, 15) is 9.59 Å². The number of benzene rings is 1. The predicted molar refractivity (Wildman–Crippen MR) is 106 cm³/mol. The van der Waals surface area contributed by atoms with Gasteiger partial charge in [-0.2, -0.15) is 0 Å². The van der Waals surface area contributed by atoms with Crippen LogP contribution in [-0.4, -0.2) is 50.5 Å². The molecular weight excluding hydrogens is 362 g/mol. The second-order valence-electron chi connectivity index (χ2n) is 6.30. The highest BCUT2D eigenvalue weighted by Gasteiger charge is 2.28. The molecule has 0 atom stereocenters. The highest BCUT2D eigenvalue weighted by molar-refractivity contribution is 6.13. The van der Waals surface area contributed by atoms with Crippen molar-refractivity contribution in [2.24, 2.45) is 0 Å². The van der Waals surface area contributed by atoms with E-state index in [-0.39, 0.29) is 11.3 Å². The Morgan fingerprint density at radius 3 is 2.32 bits per heavy atom. The van der Waals surface area contributed by atoms with Crippen molar-refractivity contribution in [1.29, 1.82) is 0 Å². The second-order valence-corrected chi connectivity index (χ2v) is 6.30. The maximum absolute atomic E-state index is 12.3. The predicted octanol–water partition coefficient (Wildman–Crippen LogP) is 3.82. The van der Waals surface area contributed by atoms with Gasteiger partial charge in [0.05, 0.1) is 26.3 Å². The van der Waals surface area contributed by atoms with E-state index in [1.165, 1.54) is 14.2 Å². The molecule has 154 valence electrons. The first-order chi connectivity index (χ1) is 13.6. The van der Waals surface area contributed by atoms with Crippen molar-refractivity contribution in [3.05, 3.63) is 29.5 Å². The molecule has 0 bridgehead atoms. The van der Waals surface area contributed by atoms with Gasteiger partial charge in [0.2, 0.25) is 0 Å². The topological polar surface area (TPSA) is 76.0 Å². The summed E-state index contributed by atoms with van der Waals surface area (Å²) in [7, 11) is 2.58. The highest BCUT2D eigenvalue weighted by Crippen LogP contribution is 2.31. The van der Waals surface area contributed by atoms with Crippen molar-refractivity contribution in [2.45, 2.75) is 39.7 Å². The second kappa shape index (κ2) is 10.7. The highest BCUT2D eigenvalue weighted by atomic mass is 16.5. The van der Waals surface area contributed by atoms with Gasteiger partial charge in [-0.1, -0.05) is 13.3 Å². The van der Waals surface area contributed by atoms with Gasteiger partial charge in [0.1, 0.15) is 17.0 Å². The summed E-state index contributed by atoms with van der Waals surface area (Å²) in [6.07, 6.45) is 2.97. The molecule has 0 N–H and O–H groups in total. The first-order valence-electron chi connectivity index (χ1n) is 9.62. The number of aromatic nitrogens is 1. The molecule has 0 aliphatic rings. The van der Waals surface area contributed by atoms with Crippen molar-refractivity contribution in [2.75, 3.05) is 34.0 Å². The molecule has 28 heavy (non-hydrogen) atoms. The number of aryl methyl sites for hydroxylation is 1. The van der Waals surface area contributed by atoms with E-state index in [0.717, 1.165) is 31.4 Å². The normalized spacial score (nSPS) is 10.9. The largest absolute Gasteiger partial charge is 0.493 e. The summed E-state index contributed by atoms with van der Waals surface area (Å²) in [5.74, 6) is -0.485. The Balaban J connectivity index is 2.24. The minimum atomic E-state index is -0.579. The van der Waals surface area contributed by atoms with Gasteiger partial charge < -0.3 is 23.5 Å². The van der Waals surface area contributed by atoms with Crippen LogP contribution >= 0.6 is 0 Å².